The molecule has 0 radical (unpaired) electrons. The highest BCUT2D eigenvalue weighted by molar-refractivity contribution is 5.83. The van der Waals surface area contributed by atoms with E-state index < -0.39 is 0 Å². The zero-order valence-corrected chi connectivity index (χ0v) is 13.3. The lowest BCUT2D eigenvalue weighted by molar-refractivity contribution is 0.571. The normalized spacial score (nSPS) is 13.3. The summed E-state index contributed by atoms with van der Waals surface area (Å²) < 4.78 is 0. The van der Waals surface area contributed by atoms with Crippen molar-refractivity contribution in [2.24, 2.45) is 5.41 Å². The van der Waals surface area contributed by atoms with Gasteiger partial charge in [0.25, 0.3) is 0 Å². The molecule has 0 amide bonds. The van der Waals surface area contributed by atoms with Gasteiger partial charge >= 0.3 is 0 Å². The van der Waals surface area contributed by atoms with Crippen LogP contribution in [0.2, 0.25) is 0 Å². The maximum Gasteiger partial charge on any atom is 0.0457 e. The van der Waals surface area contributed by atoms with E-state index in [2.05, 4.69) is 80.2 Å². The Hall–Kier alpha value is -1.98. The Morgan fingerprint density at radius 1 is 1.29 bits per heavy atom. The molecule has 110 valence electrons. The molecule has 1 aromatic carbocycles. The second kappa shape index (κ2) is 6.65. The maximum atomic E-state index is 3.51. The number of aromatic nitrogens is 1. The van der Waals surface area contributed by atoms with Gasteiger partial charge in [0.15, 0.2) is 0 Å². The van der Waals surface area contributed by atoms with Crippen LogP contribution in [-0.2, 0) is 0 Å². The molecular weight excluding hydrogens is 256 g/mol. The van der Waals surface area contributed by atoms with Crippen molar-refractivity contribution in [3.63, 3.8) is 0 Å². The van der Waals surface area contributed by atoms with E-state index in [9.17, 15) is 0 Å². The van der Waals surface area contributed by atoms with E-state index >= 15 is 0 Å². The highest BCUT2D eigenvalue weighted by Gasteiger charge is 2.08. The molecule has 0 aliphatic rings. The van der Waals surface area contributed by atoms with Crippen LogP contribution in [0.25, 0.3) is 10.9 Å². The molecule has 2 heteroatoms. The van der Waals surface area contributed by atoms with E-state index in [1.54, 1.807) is 0 Å². The van der Waals surface area contributed by atoms with Crippen LogP contribution in [0.15, 0.2) is 42.6 Å². The summed E-state index contributed by atoms with van der Waals surface area (Å²) in [6.07, 6.45) is 6.00. The van der Waals surface area contributed by atoms with E-state index in [-0.39, 0.29) is 5.41 Å². The Bertz CT molecular complexity index is 675. The number of aromatic amines is 1. The minimum Gasteiger partial charge on any atom is -0.361 e. The molecular formula is C19H24N2. The van der Waals surface area contributed by atoms with Gasteiger partial charge in [-0.3, -0.25) is 0 Å². The number of benzene rings is 1. The standard InChI is InChI=1S/C19H24N2/c1-15(20-13-7-5-6-12-19(2,3)4)16-9-8-10-18-17(16)11-14-21-18/h5,7-11,14-15,20-21H,13H2,1-4H3/t15-/m1/s1. The Balaban J connectivity index is 1.93. The summed E-state index contributed by atoms with van der Waals surface area (Å²) in [7, 11) is 0. The molecule has 0 unspecified atom stereocenters. The second-order valence-electron chi connectivity index (χ2n) is 6.34. The predicted molar refractivity (Wildman–Crippen MR) is 91.1 cm³/mol. The minimum absolute atomic E-state index is 0.0645. The van der Waals surface area contributed by atoms with Gasteiger partial charge < -0.3 is 10.3 Å². The summed E-state index contributed by atoms with van der Waals surface area (Å²) in [5.41, 5.74) is 2.57. The van der Waals surface area contributed by atoms with E-state index in [4.69, 9.17) is 0 Å². The highest BCUT2D eigenvalue weighted by atomic mass is 14.9. The second-order valence-corrected chi connectivity index (χ2v) is 6.34. The SMILES string of the molecule is C[C@@H](NCC=CC#CC(C)(C)C)c1cccc2[nH]ccc12. The third-order valence-electron chi connectivity index (χ3n) is 3.29. The molecule has 0 spiro atoms. The lowest BCUT2D eigenvalue weighted by Crippen LogP contribution is -2.18. The molecule has 0 aliphatic heterocycles. The number of hydrogen-bond donors (Lipinski definition) is 2. The Morgan fingerprint density at radius 3 is 2.86 bits per heavy atom. The minimum atomic E-state index is 0.0645. The fourth-order valence-electron chi connectivity index (χ4n) is 2.22. The van der Waals surface area contributed by atoms with Crippen molar-refractivity contribution in [1.82, 2.24) is 10.3 Å². The number of nitrogens with one attached hydrogen (secondary N) is 2. The summed E-state index contributed by atoms with van der Waals surface area (Å²) in [6.45, 7) is 9.36. The fraction of sp³-hybridized carbons (Fsp3) is 0.368. The molecule has 1 heterocycles. The van der Waals surface area contributed by atoms with Crippen molar-refractivity contribution in [3.05, 3.63) is 48.2 Å². The van der Waals surface area contributed by atoms with Gasteiger partial charge in [-0.1, -0.05) is 30.0 Å². The Labute approximate surface area is 127 Å². The molecule has 0 saturated carbocycles. The van der Waals surface area contributed by atoms with Crippen molar-refractivity contribution >= 4 is 10.9 Å². The fourth-order valence-corrected chi connectivity index (χ4v) is 2.22. The third kappa shape index (κ3) is 4.51. The average molecular weight is 280 g/mol. The van der Waals surface area contributed by atoms with Gasteiger partial charge in [0.2, 0.25) is 0 Å². The molecule has 2 rings (SSSR count). The molecule has 21 heavy (non-hydrogen) atoms. The zero-order chi connectivity index (χ0) is 15.3. The molecule has 1 atom stereocenters. The molecule has 0 bridgehead atoms. The summed E-state index contributed by atoms with van der Waals surface area (Å²) in [4.78, 5) is 3.25. The first-order valence-electron chi connectivity index (χ1n) is 7.44. The Morgan fingerprint density at radius 2 is 2.10 bits per heavy atom. The summed E-state index contributed by atoms with van der Waals surface area (Å²) in [5.74, 6) is 6.28. The maximum absolute atomic E-state index is 3.51. The van der Waals surface area contributed by atoms with Gasteiger partial charge in [0, 0.05) is 35.1 Å². The van der Waals surface area contributed by atoms with Crippen LogP contribution < -0.4 is 5.32 Å². The largest absolute Gasteiger partial charge is 0.361 e. The van der Waals surface area contributed by atoms with Crippen molar-refractivity contribution in [2.45, 2.75) is 33.7 Å². The van der Waals surface area contributed by atoms with Gasteiger partial charge in [-0.05, 0) is 51.5 Å². The Kier molecular flexibility index (Phi) is 4.88. The van der Waals surface area contributed by atoms with E-state index in [0.29, 0.717) is 6.04 Å². The summed E-state index contributed by atoms with van der Waals surface area (Å²) >= 11 is 0. The molecule has 0 aliphatic carbocycles. The molecule has 1 aromatic heterocycles. The number of H-pyrrole nitrogens is 1. The first-order valence-corrected chi connectivity index (χ1v) is 7.44. The van der Waals surface area contributed by atoms with Crippen LogP contribution in [0.5, 0.6) is 0 Å². The van der Waals surface area contributed by atoms with Crippen LogP contribution in [-0.4, -0.2) is 11.5 Å². The monoisotopic (exact) mass is 280 g/mol. The predicted octanol–water partition coefficient (Wildman–Crippen LogP) is 4.42. The number of allylic oxidation sites excluding steroid dienone is 1. The first-order chi connectivity index (χ1) is 9.97. The van der Waals surface area contributed by atoms with Crippen molar-refractivity contribution in [1.29, 1.82) is 0 Å². The molecule has 2 aromatic rings. The lowest BCUT2D eigenvalue weighted by Gasteiger charge is -2.14. The van der Waals surface area contributed by atoms with Gasteiger partial charge in [0.05, 0.1) is 0 Å². The van der Waals surface area contributed by atoms with Crippen molar-refractivity contribution in [3.8, 4) is 11.8 Å². The molecule has 2 N–H and O–H groups in total. The smallest absolute Gasteiger partial charge is 0.0457 e. The van der Waals surface area contributed by atoms with Crippen LogP contribution in [0, 0.1) is 17.3 Å². The number of fused-ring (bicyclic) bond motifs is 1. The lowest BCUT2D eigenvalue weighted by atomic mass is 9.98. The molecule has 2 nitrogen and oxygen atoms in total. The quantitative estimate of drug-likeness (QED) is 0.797. The summed E-state index contributed by atoms with van der Waals surface area (Å²) in [6, 6.07) is 8.82. The van der Waals surface area contributed by atoms with Gasteiger partial charge in [-0.2, -0.15) is 0 Å². The van der Waals surface area contributed by atoms with Gasteiger partial charge in [-0.25, -0.2) is 0 Å². The van der Waals surface area contributed by atoms with Crippen molar-refractivity contribution < 1.29 is 0 Å². The van der Waals surface area contributed by atoms with Crippen molar-refractivity contribution in [2.75, 3.05) is 6.54 Å². The number of rotatable bonds is 4. The van der Waals surface area contributed by atoms with Crippen LogP contribution in [0.4, 0.5) is 0 Å². The topological polar surface area (TPSA) is 27.8 Å². The van der Waals surface area contributed by atoms with Crippen LogP contribution in [0.3, 0.4) is 0 Å². The zero-order valence-electron chi connectivity index (χ0n) is 13.3. The third-order valence-corrected chi connectivity index (χ3v) is 3.29. The molecule has 0 fully saturated rings. The van der Waals surface area contributed by atoms with E-state index in [1.807, 2.05) is 12.3 Å². The highest BCUT2D eigenvalue weighted by Crippen LogP contribution is 2.23. The first kappa shape index (κ1) is 15.4. The molecule has 0 saturated heterocycles. The van der Waals surface area contributed by atoms with E-state index in [1.165, 1.54) is 16.5 Å². The van der Waals surface area contributed by atoms with Crippen LogP contribution >= 0.6 is 0 Å². The van der Waals surface area contributed by atoms with E-state index in [0.717, 1.165) is 6.54 Å². The van der Waals surface area contributed by atoms with Gasteiger partial charge in [0.1, 0.15) is 0 Å². The summed E-state index contributed by atoms with van der Waals surface area (Å²) in [5, 5.41) is 4.80. The number of hydrogen-bond acceptors (Lipinski definition) is 1. The average Bonchev–Trinajstić information content (AvgIpc) is 2.89. The van der Waals surface area contributed by atoms with Crippen LogP contribution in [0.1, 0.15) is 39.3 Å². The van der Waals surface area contributed by atoms with Gasteiger partial charge in [-0.15, -0.1) is 0 Å².